The number of nitro benzene ring substituents is 1. The Bertz CT molecular complexity index is 1060. The van der Waals surface area contributed by atoms with Gasteiger partial charge in [0.1, 0.15) is 11.5 Å². The highest BCUT2D eigenvalue weighted by atomic mass is 16.6. The second-order valence-electron chi connectivity index (χ2n) is 6.70. The van der Waals surface area contributed by atoms with E-state index in [1.807, 2.05) is 32.0 Å². The number of benzene rings is 3. The summed E-state index contributed by atoms with van der Waals surface area (Å²) in [6.45, 7) is 3.64. The van der Waals surface area contributed by atoms with Crippen molar-refractivity contribution in [3.05, 3.63) is 87.5 Å². The second kappa shape index (κ2) is 8.56. The van der Waals surface area contributed by atoms with Gasteiger partial charge in [-0.1, -0.05) is 29.8 Å². The van der Waals surface area contributed by atoms with Crippen molar-refractivity contribution >= 4 is 11.5 Å². The number of Topliss-reactive ketones (excluding diaryl/α,β-unsaturated/α-hetero) is 1. The quantitative estimate of drug-likeness (QED) is 0.316. The molecule has 3 rings (SSSR count). The highest BCUT2D eigenvalue weighted by Crippen LogP contribution is 2.34. The van der Waals surface area contributed by atoms with Crippen LogP contribution in [0.1, 0.15) is 21.5 Å². The molecular weight excluding hydrogens is 370 g/mol. The minimum absolute atomic E-state index is 0.0518. The monoisotopic (exact) mass is 391 g/mol. The molecule has 0 saturated carbocycles. The Balaban J connectivity index is 1.90. The van der Waals surface area contributed by atoms with Crippen LogP contribution in [0, 0.1) is 24.0 Å². The smallest absolute Gasteiger partial charge is 0.270 e. The van der Waals surface area contributed by atoms with Gasteiger partial charge in [0.2, 0.25) is 0 Å². The number of ether oxygens (including phenoxy) is 2. The van der Waals surface area contributed by atoms with Crippen LogP contribution in [-0.4, -0.2) is 24.4 Å². The van der Waals surface area contributed by atoms with Crippen molar-refractivity contribution in [2.24, 2.45) is 0 Å². The van der Waals surface area contributed by atoms with Crippen LogP contribution in [0.3, 0.4) is 0 Å². The lowest BCUT2D eigenvalue weighted by Gasteiger charge is -2.13. The van der Waals surface area contributed by atoms with Crippen LogP contribution in [0.25, 0.3) is 11.1 Å². The summed E-state index contributed by atoms with van der Waals surface area (Å²) in [4.78, 5) is 23.4. The Hall–Kier alpha value is -3.67. The van der Waals surface area contributed by atoms with E-state index in [9.17, 15) is 14.9 Å². The molecule has 3 aromatic rings. The summed E-state index contributed by atoms with van der Waals surface area (Å²) in [5.41, 5.74) is 3.69. The number of hydrogen-bond donors (Lipinski definition) is 0. The van der Waals surface area contributed by atoms with Crippen LogP contribution >= 0.6 is 0 Å². The molecule has 6 heteroatoms. The average molecular weight is 391 g/mol. The zero-order valence-electron chi connectivity index (χ0n) is 16.5. The molecule has 0 fully saturated rings. The van der Waals surface area contributed by atoms with Crippen molar-refractivity contribution in [1.82, 2.24) is 0 Å². The van der Waals surface area contributed by atoms with Crippen LogP contribution in [0.15, 0.2) is 60.7 Å². The SMILES string of the molecule is COc1ccc(-c2cc([N+](=O)[O-])ccc2OCC(=O)c2cc(C)ccc2C)cc1. The number of carbonyl (C=O) groups is 1. The lowest BCUT2D eigenvalue weighted by Crippen LogP contribution is -2.13. The fourth-order valence-electron chi connectivity index (χ4n) is 3.01. The maximum absolute atomic E-state index is 12.6. The van der Waals surface area contributed by atoms with E-state index in [1.54, 1.807) is 31.4 Å². The molecule has 3 aromatic carbocycles. The zero-order chi connectivity index (χ0) is 21.0. The van der Waals surface area contributed by atoms with Crippen molar-refractivity contribution < 1.29 is 19.2 Å². The molecule has 0 saturated heterocycles. The Morgan fingerprint density at radius 1 is 1.00 bits per heavy atom. The highest BCUT2D eigenvalue weighted by molar-refractivity contribution is 5.98. The van der Waals surface area contributed by atoms with Crippen LogP contribution in [-0.2, 0) is 0 Å². The first kappa shape index (κ1) is 20.1. The average Bonchev–Trinajstić information content (AvgIpc) is 2.73. The van der Waals surface area contributed by atoms with Crippen molar-refractivity contribution in [2.75, 3.05) is 13.7 Å². The number of aryl methyl sites for hydroxylation is 2. The van der Waals surface area contributed by atoms with Gasteiger partial charge in [-0.05, 0) is 49.2 Å². The summed E-state index contributed by atoms with van der Waals surface area (Å²) in [6, 6.07) is 17.1. The molecule has 0 aliphatic carbocycles. The largest absolute Gasteiger partial charge is 0.497 e. The predicted molar refractivity (Wildman–Crippen MR) is 111 cm³/mol. The molecule has 0 bridgehead atoms. The van der Waals surface area contributed by atoms with E-state index in [0.717, 1.165) is 16.7 Å². The third-order valence-electron chi connectivity index (χ3n) is 4.63. The van der Waals surface area contributed by atoms with Gasteiger partial charge in [0.25, 0.3) is 5.69 Å². The summed E-state index contributed by atoms with van der Waals surface area (Å²) in [6.07, 6.45) is 0. The Morgan fingerprint density at radius 2 is 1.72 bits per heavy atom. The third kappa shape index (κ3) is 4.60. The highest BCUT2D eigenvalue weighted by Gasteiger charge is 2.16. The van der Waals surface area contributed by atoms with Crippen LogP contribution in [0.2, 0.25) is 0 Å². The number of nitro groups is 1. The molecular formula is C23H21NO5. The first-order valence-corrected chi connectivity index (χ1v) is 9.05. The Kier molecular flexibility index (Phi) is 5.93. The molecule has 29 heavy (non-hydrogen) atoms. The lowest BCUT2D eigenvalue weighted by molar-refractivity contribution is -0.384. The van der Waals surface area contributed by atoms with Crippen molar-refractivity contribution in [2.45, 2.75) is 13.8 Å². The first-order valence-electron chi connectivity index (χ1n) is 9.05. The van der Waals surface area contributed by atoms with Crippen LogP contribution < -0.4 is 9.47 Å². The van der Waals surface area contributed by atoms with Gasteiger partial charge in [0, 0.05) is 23.3 Å². The molecule has 0 unspecified atom stereocenters. The Morgan fingerprint density at radius 3 is 2.38 bits per heavy atom. The van der Waals surface area contributed by atoms with Gasteiger partial charge in [0.05, 0.1) is 12.0 Å². The third-order valence-corrected chi connectivity index (χ3v) is 4.63. The number of non-ortho nitro benzene ring substituents is 1. The summed E-state index contributed by atoms with van der Waals surface area (Å²) < 4.78 is 11.0. The predicted octanol–water partition coefficient (Wildman–Crippen LogP) is 5.15. The van der Waals surface area contributed by atoms with Crippen molar-refractivity contribution in [1.29, 1.82) is 0 Å². The standard InChI is InChI=1S/C23H21NO5/c1-15-4-5-16(2)20(12-15)22(25)14-29-23-11-8-18(24(26)27)13-21(23)17-6-9-19(28-3)10-7-17/h4-13H,14H2,1-3H3. The molecule has 0 radical (unpaired) electrons. The molecule has 0 atom stereocenters. The summed E-state index contributed by atoms with van der Waals surface area (Å²) in [5, 5.41) is 11.2. The van der Waals surface area contributed by atoms with Gasteiger partial charge in [0.15, 0.2) is 12.4 Å². The number of nitrogens with zero attached hydrogens (tertiary/aromatic N) is 1. The summed E-state index contributed by atoms with van der Waals surface area (Å²) in [7, 11) is 1.57. The van der Waals surface area contributed by atoms with Crippen LogP contribution in [0.5, 0.6) is 11.5 Å². The van der Waals surface area contributed by atoms with Gasteiger partial charge >= 0.3 is 0 Å². The topological polar surface area (TPSA) is 78.7 Å². The van der Waals surface area contributed by atoms with Crippen molar-refractivity contribution in [3.63, 3.8) is 0 Å². The molecule has 0 N–H and O–H groups in total. The fourth-order valence-corrected chi connectivity index (χ4v) is 3.01. The fraction of sp³-hybridized carbons (Fsp3) is 0.174. The van der Waals surface area contributed by atoms with E-state index in [-0.39, 0.29) is 18.1 Å². The van der Waals surface area contributed by atoms with E-state index < -0.39 is 4.92 Å². The molecule has 0 aliphatic heterocycles. The zero-order valence-corrected chi connectivity index (χ0v) is 16.5. The van der Waals surface area contributed by atoms with Crippen LogP contribution in [0.4, 0.5) is 5.69 Å². The molecule has 0 amide bonds. The van der Waals surface area contributed by atoms with Gasteiger partial charge in [-0.2, -0.15) is 0 Å². The van der Waals surface area contributed by atoms with Gasteiger partial charge in [-0.3, -0.25) is 14.9 Å². The van der Waals surface area contributed by atoms with E-state index in [0.29, 0.717) is 22.6 Å². The second-order valence-corrected chi connectivity index (χ2v) is 6.70. The van der Waals surface area contributed by atoms with Gasteiger partial charge in [-0.15, -0.1) is 0 Å². The first-order chi connectivity index (χ1) is 13.9. The molecule has 0 aromatic heterocycles. The van der Waals surface area contributed by atoms with E-state index in [2.05, 4.69) is 0 Å². The maximum Gasteiger partial charge on any atom is 0.270 e. The number of ketones is 1. The van der Waals surface area contributed by atoms with E-state index in [4.69, 9.17) is 9.47 Å². The number of carbonyl (C=O) groups excluding carboxylic acids is 1. The number of methoxy groups -OCH3 is 1. The minimum atomic E-state index is -0.460. The Labute approximate surface area is 168 Å². The summed E-state index contributed by atoms with van der Waals surface area (Å²) >= 11 is 0. The lowest BCUT2D eigenvalue weighted by atomic mass is 10.0. The van der Waals surface area contributed by atoms with E-state index in [1.165, 1.54) is 18.2 Å². The molecule has 0 spiro atoms. The van der Waals surface area contributed by atoms with E-state index >= 15 is 0 Å². The molecule has 148 valence electrons. The molecule has 0 aliphatic rings. The van der Waals surface area contributed by atoms with Gasteiger partial charge < -0.3 is 9.47 Å². The number of hydrogen-bond acceptors (Lipinski definition) is 5. The summed E-state index contributed by atoms with van der Waals surface area (Å²) in [5.74, 6) is 0.927. The minimum Gasteiger partial charge on any atom is -0.497 e. The van der Waals surface area contributed by atoms with Crippen molar-refractivity contribution in [3.8, 4) is 22.6 Å². The molecule has 0 heterocycles. The molecule has 6 nitrogen and oxygen atoms in total. The maximum atomic E-state index is 12.6. The van der Waals surface area contributed by atoms with Gasteiger partial charge in [-0.25, -0.2) is 0 Å². The normalized spacial score (nSPS) is 10.4. The number of rotatable bonds is 7.